The molecule has 1 atom stereocenters. The number of hydrogen-bond donors (Lipinski definition) is 0. The molecule has 100 valence electrons. The van der Waals surface area contributed by atoms with Gasteiger partial charge in [-0.25, -0.2) is 0 Å². The molecule has 0 amide bonds. The van der Waals surface area contributed by atoms with Crippen molar-refractivity contribution < 1.29 is 4.79 Å². The van der Waals surface area contributed by atoms with Crippen LogP contribution in [0.15, 0.2) is 34.9 Å². The number of Topliss-reactive ketones (excluding diaryl/α,β-unsaturated/α-hetero) is 1. The van der Waals surface area contributed by atoms with Crippen molar-refractivity contribution in [3.63, 3.8) is 0 Å². The molecule has 0 saturated carbocycles. The lowest BCUT2D eigenvalue weighted by atomic mass is 9.89. The lowest BCUT2D eigenvalue weighted by Gasteiger charge is -2.15. The molecule has 1 aliphatic carbocycles. The fraction of sp³-hybridized carbons (Fsp3) is 0.588. The average Bonchev–Trinajstić information content (AvgIpc) is 2.31. The van der Waals surface area contributed by atoms with E-state index in [-0.39, 0.29) is 5.92 Å². The Morgan fingerprint density at radius 3 is 2.61 bits per heavy atom. The van der Waals surface area contributed by atoms with Crippen LogP contribution in [0.5, 0.6) is 0 Å². The summed E-state index contributed by atoms with van der Waals surface area (Å²) in [5, 5.41) is 0. The summed E-state index contributed by atoms with van der Waals surface area (Å²) >= 11 is 0. The fourth-order valence-corrected chi connectivity index (χ4v) is 2.47. The topological polar surface area (TPSA) is 17.1 Å². The number of carbonyl (C=O) groups is 1. The van der Waals surface area contributed by atoms with Crippen molar-refractivity contribution in [2.24, 2.45) is 5.92 Å². The lowest BCUT2D eigenvalue weighted by Crippen LogP contribution is -2.12. The fourth-order valence-electron chi connectivity index (χ4n) is 2.47. The Morgan fingerprint density at radius 2 is 1.94 bits per heavy atom. The standard InChI is InChI=1S/C17H26O/c1-13-9-5-6-11-15(3)17(16(4)18)12-8-7-10-14(13)2/h5,9,11,17H,6-8,10,12H2,1-4H3/b9-5+,14-13-,15-11+. The summed E-state index contributed by atoms with van der Waals surface area (Å²) < 4.78 is 0. The first-order chi connectivity index (χ1) is 8.52. The normalized spacial score (nSPS) is 31.8. The van der Waals surface area contributed by atoms with Crippen LogP contribution in [0.25, 0.3) is 0 Å². The van der Waals surface area contributed by atoms with Crippen molar-refractivity contribution >= 4 is 5.78 Å². The zero-order valence-electron chi connectivity index (χ0n) is 12.3. The molecular weight excluding hydrogens is 220 g/mol. The van der Waals surface area contributed by atoms with Crippen LogP contribution in [0.4, 0.5) is 0 Å². The van der Waals surface area contributed by atoms with Crippen molar-refractivity contribution in [1.29, 1.82) is 0 Å². The molecule has 1 unspecified atom stereocenters. The predicted molar refractivity (Wildman–Crippen MR) is 78.5 cm³/mol. The first-order valence-corrected chi connectivity index (χ1v) is 7.02. The van der Waals surface area contributed by atoms with E-state index in [1.807, 2.05) is 0 Å². The second-order valence-corrected chi connectivity index (χ2v) is 5.46. The number of carbonyl (C=O) groups excluding carboxylic acids is 1. The van der Waals surface area contributed by atoms with E-state index in [0.29, 0.717) is 5.78 Å². The minimum Gasteiger partial charge on any atom is -0.299 e. The van der Waals surface area contributed by atoms with E-state index in [1.165, 1.54) is 23.1 Å². The summed E-state index contributed by atoms with van der Waals surface area (Å²) in [6, 6.07) is 0. The van der Waals surface area contributed by atoms with Crippen LogP contribution in [0.1, 0.15) is 59.8 Å². The Balaban J connectivity index is 2.84. The van der Waals surface area contributed by atoms with E-state index in [9.17, 15) is 4.79 Å². The highest BCUT2D eigenvalue weighted by Gasteiger charge is 2.15. The molecule has 1 rings (SSSR count). The predicted octanol–water partition coefficient (Wildman–Crippen LogP) is 4.99. The van der Waals surface area contributed by atoms with Crippen LogP contribution < -0.4 is 0 Å². The molecule has 0 aromatic heterocycles. The molecule has 0 fully saturated rings. The molecule has 0 aromatic carbocycles. The van der Waals surface area contributed by atoms with Gasteiger partial charge in [-0.3, -0.25) is 4.79 Å². The van der Waals surface area contributed by atoms with Crippen LogP contribution in [-0.2, 0) is 4.79 Å². The van der Waals surface area contributed by atoms with Gasteiger partial charge in [0.25, 0.3) is 0 Å². The van der Waals surface area contributed by atoms with Crippen LogP contribution in [0.2, 0.25) is 0 Å². The molecular formula is C17H26O. The monoisotopic (exact) mass is 246 g/mol. The highest BCUT2D eigenvalue weighted by atomic mass is 16.1. The molecule has 0 spiro atoms. The van der Waals surface area contributed by atoms with Crippen LogP contribution in [0.3, 0.4) is 0 Å². The maximum Gasteiger partial charge on any atom is 0.136 e. The summed E-state index contributed by atoms with van der Waals surface area (Å²) in [4.78, 5) is 11.7. The van der Waals surface area contributed by atoms with Gasteiger partial charge < -0.3 is 0 Å². The highest BCUT2D eigenvalue weighted by molar-refractivity contribution is 5.81. The van der Waals surface area contributed by atoms with Gasteiger partial charge in [0.15, 0.2) is 0 Å². The first-order valence-electron chi connectivity index (χ1n) is 7.02. The van der Waals surface area contributed by atoms with Crippen LogP contribution in [-0.4, -0.2) is 5.78 Å². The van der Waals surface area contributed by atoms with Gasteiger partial charge in [-0.05, 0) is 53.4 Å². The van der Waals surface area contributed by atoms with Crippen molar-refractivity contribution in [2.45, 2.75) is 59.8 Å². The maximum absolute atomic E-state index is 11.7. The smallest absolute Gasteiger partial charge is 0.136 e. The summed E-state index contributed by atoms with van der Waals surface area (Å²) in [6.07, 6.45) is 12.0. The first kappa shape index (κ1) is 14.9. The summed E-state index contributed by atoms with van der Waals surface area (Å²) in [7, 11) is 0. The van der Waals surface area contributed by atoms with Gasteiger partial charge in [0.05, 0.1) is 0 Å². The van der Waals surface area contributed by atoms with Gasteiger partial charge >= 0.3 is 0 Å². The van der Waals surface area contributed by atoms with Crippen molar-refractivity contribution in [3.05, 3.63) is 34.9 Å². The molecule has 0 saturated heterocycles. The Morgan fingerprint density at radius 1 is 1.22 bits per heavy atom. The van der Waals surface area contributed by atoms with Crippen LogP contribution in [0, 0.1) is 5.92 Å². The van der Waals surface area contributed by atoms with Gasteiger partial charge in [0.2, 0.25) is 0 Å². The van der Waals surface area contributed by atoms with Crippen molar-refractivity contribution in [3.8, 4) is 0 Å². The molecule has 0 radical (unpaired) electrons. The van der Waals surface area contributed by atoms with E-state index in [2.05, 4.69) is 39.0 Å². The Bertz CT molecular complexity index is 382. The van der Waals surface area contributed by atoms with Gasteiger partial charge in [0, 0.05) is 5.92 Å². The lowest BCUT2D eigenvalue weighted by molar-refractivity contribution is -0.119. The van der Waals surface area contributed by atoms with Gasteiger partial charge in [-0.1, -0.05) is 41.4 Å². The second-order valence-electron chi connectivity index (χ2n) is 5.46. The maximum atomic E-state index is 11.7. The van der Waals surface area contributed by atoms with Gasteiger partial charge in [-0.15, -0.1) is 0 Å². The van der Waals surface area contributed by atoms with Crippen molar-refractivity contribution in [2.75, 3.05) is 0 Å². The third kappa shape index (κ3) is 4.64. The Hall–Kier alpha value is -1.11. The minimum atomic E-state index is 0.142. The number of hydrogen-bond acceptors (Lipinski definition) is 1. The Labute approximate surface area is 112 Å². The second kappa shape index (κ2) is 7.35. The van der Waals surface area contributed by atoms with E-state index in [4.69, 9.17) is 0 Å². The zero-order valence-corrected chi connectivity index (χ0v) is 12.3. The molecule has 0 aliphatic heterocycles. The summed E-state index contributed by atoms with van der Waals surface area (Å²) in [5.74, 6) is 0.455. The van der Waals surface area contributed by atoms with Crippen molar-refractivity contribution in [1.82, 2.24) is 0 Å². The molecule has 18 heavy (non-hydrogen) atoms. The summed E-state index contributed by atoms with van der Waals surface area (Å²) in [6.45, 7) is 8.22. The van der Waals surface area contributed by atoms with E-state index >= 15 is 0 Å². The third-order valence-corrected chi connectivity index (χ3v) is 3.95. The zero-order chi connectivity index (χ0) is 13.5. The molecule has 0 aromatic rings. The third-order valence-electron chi connectivity index (χ3n) is 3.95. The van der Waals surface area contributed by atoms with Gasteiger partial charge in [0.1, 0.15) is 5.78 Å². The molecule has 0 N–H and O–H groups in total. The SMILES string of the molecule is CC(=O)C1CCCC/C(C)=C(C)\C=C\C/C=C/1C. The molecule has 1 nitrogen and oxygen atoms in total. The van der Waals surface area contributed by atoms with E-state index < -0.39 is 0 Å². The molecule has 1 aliphatic rings. The summed E-state index contributed by atoms with van der Waals surface area (Å²) in [5.41, 5.74) is 4.11. The average molecular weight is 246 g/mol. The Kier molecular flexibility index (Phi) is 6.11. The highest BCUT2D eigenvalue weighted by Crippen LogP contribution is 2.23. The molecule has 0 bridgehead atoms. The van der Waals surface area contributed by atoms with Crippen LogP contribution >= 0.6 is 0 Å². The van der Waals surface area contributed by atoms with Gasteiger partial charge in [-0.2, -0.15) is 0 Å². The quantitative estimate of drug-likeness (QED) is 0.595. The number of rotatable bonds is 1. The molecule has 1 heteroatoms. The van der Waals surface area contributed by atoms with E-state index in [1.54, 1.807) is 6.92 Å². The number of allylic oxidation sites excluding steroid dienone is 6. The molecule has 0 heterocycles. The largest absolute Gasteiger partial charge is 0.299 e. The minimum absolute atomic E-state index is 0.142. The number of ketones is 1. The van der Waals surface area contributed by atoms with E-state index in [0.717, 1.165) is 25.7 Å².